The van der Waals surface area contributed by atoms with Crippen molar-refractivity contribution in [3.05, 3.63) is 98.6 Å². The molecule has 12 heteroatoms. The highest BCUT2D eigenvalue weighted by molar-refractivity contribution is 7.99. The third-order valence-corrected chi connectivity index (χ3v) is 9.62. The molecule has 230 valence electrons. The minimum atomic E-state index is -4.46. The van der Waals surface area contributed by atoms with Crippen LogP contribution in [0.2, 0.25) is 0 Å². The molecule has 4 aromatic rings. The van der Waals surface area contributed by atoms with E-state index in [1.54, 1.807) is 40.6 Å². The second-order valence-corrected chi connectivity index (χ2v) is 12.5. The largest absolute Gasteiger partial charge is 0.416 e. The molecule has 2 aromatic carbocycles. The lowest BCUT2D eigenvalue weighted by Gasteiger charge is -2.31. The zero-order valence-corrected chi connectivity index (χ0v) is 24.5. The van der Waals surface area contributed by atoms with Crippen LogP contribution >= 0.6 is 11.8 Å². The van der Waals surface area contributed by atoms with Crippen LogP contribution in [0, 0.1) is 5.82 Å². The lowest BCUT2D eigenvalue weighted by molar-refractivity contribution is -0.137. The summed E-state index contributed by atoms with van der Waals surface area (Å²) in [7, 11) is 0. The predicted molar refractivity (Wildman–Crippen MR) is 161 cm³/mol. The molecule has 44 heavy (non-hydrogen) atoms. The number of hydrogen-bond acceptors (Lipinski definition) is 5. The Hall–Kier alpha value is -3.93. The minimum Gasteiger partial charge on any atom is -0.349 e. The highest BCUT2D eigenvalue weighted by Gasteiger charge is 2.31. The summed E-state index contributed by atoms with van der Waals surface area (Å²) in [5.41, 5.74) is -0.214. The second kappa shape index (κ2) is 12.2. The SMILES string of the molecule is O=C(NC1CCC(n2c(=O)c3cc(F)cnc3n(C3CCSCC3)c2=O)CC1)c1ccccc1-c1ccc(C(F)(F)F)cc1. The number of alkyl halides is 3. The van der Waals surface area contributed by atoms with Crippen LogP contribution in [0.25, 0.3) is 22.2 Å². The topological polar surface area (TPSA) is 86.0 Å². The Morgan fingerprint density at radius 3 is 2.23 bits per heavy atom. The third kappa shape index (κ3) is 5.91. The average molecular weight is 627 g/mol. The molecule has 0 radical (unpaired) electrons. The van der Waals surface area contributed by atoms with E-state index in [9.17, 15) is 31.9 Å². The molecule has 3 heterocycles. The lowest BCUT2D eigenvalue weighted by Crippen LogP contribution is -2.46. The molecule has 1 amide bonds. The zero-order valence-electron chi connectivity index (χ0n) is 23.6. The first-order chi connectivity index (χ1) is 21.1. The highest BCUT2D eigenvalue weighted by Crippen LogP contribution is 2.33. The quantitative estimate of drug-likeness (QED) is 0.261. The van der Waals surface area contributed by atoms with Crippen LogP contribution in [0.3, 0.4) is 0 Å². The molecule has 1 saturated heterocycles. The maximum absolute atomic E-state index is 14.2. The minimum absolute atomic E-state index is 0.0816. The number of nitrogens with zero attached hydrogens (tertiary/aromatic N) is 3. The molecule has 7 nitrogen and oxygen atoms in total. The van der Waals surface area contributed by atoms with Crippen LogP contribution < -0.4 is 16.6 Å². The van der Waals surface area contributed by atoms with Crippen molar-refractivity contribution in [1.82, 2.24) is 19.4 Å². The Labute approximate surface area is 254 Å². The van der Waals surface area contributed by atoms with Crippen LogP contribution in [-0.4, -0.2) is 37.6 Å². The molecular weight excluding hydrogens is 596 g/mol. The molecule has 1 N–H and O–H groups in total. The van der Waals surface area contributed by atoms with Crippen LogP contribution in [0.4, 0.5) is 17.6 Å². The van der Waals surface area contributed by atoms with Crippen molar-refractivity contribution in [3.8, 4) is 11.1 Å². The van der Waals surface area contributed by atoms with Gasteiger partial charge in [-0.15, -0.1) is 0 Å². The maximum Gasteiger partial charge on any atom is 0.416 e. The molecule has 2 aromatic heterocycles. The van der Waals surface area contributed by atoms with Gasteiger partial charge in [-0.25, -0.2) is 14.2 Å². The van der Waals surface area contributed by atoms with Crippen molar-refractivity contribution < 1.29 is 22.4 Å². The van der Waals surface area contributed by atoms with E-state index >= 15 is 0 Å². The Morgan fingerprint density at radius 2 is 1.55 bits per heavy atom. The molecule has 1 aliphatic heterocycles. The normalized spacial score (nSPS) is 19.6. The monoisotopic (exact) mass is 626 g/mol. The summed E-state index contributed by atoms with van der Waals surface area (Å²) < 4.78 is 56.1. The molecule has 0 unspecified atom stereocenters. The number of benzene rings is 2. The summed E-state index contributed by atoms with van der Waals surface area (Å²) in [5, 5.41) is 3.11. The van der Waals surface area contributed by atoms with Gasteiger partial charge in [-0.1, -0.05) is 30.3 Å². The summed E-state index contributed by atoms with van der Waals surface area (Å²) in [6.45, 7) is 0. The summed E-state index contributed by atoms with van der Waals surface area (Å²) >= 11 is 1.81. The van der Waals surface area contributed by atoms with E-state index in [1.165, 1.54) is 16.7 Å². The van der Waals surface area contributed by atoms with Gasteiger partial charge in [0.2, 0.25) is 0 Å². The number of carbonyl (C=O) groups is 1. The van der Waals surface area contributed by atoms with Crippen molar-refractivity contribution >= 4 is 28.7 Å². The average Bonchev–Trinajstić information content (AvgIpc) is 3.02. The Morgan fingerprint density at radius 1 is 0.886 bits per heavy atom. The van der Waals surface area contributed by atoms with Gasteiger partial charge in [-0.3, -0.25) is 18.7 Å². The predicted octanol–water partition coefficient (Wildman–Crippen LogP) is 6.36. The van der Waals surface area contributed by atoms with E-state index < -0.39 is 34.8 Å². The summed E-state index contributed by atoms with van der Waals surface area (Å²) in [4.78, 5) is 44.9. The van der Waals surface area contributed by atoms with E-state index in [2.05, 4.69) is 10.3 Å². The van der Waals surface area contributed by atoms with Crippen LogP contribution in [-0.2, 0) is 6.18 Å². The van der Waals surface area contributed by atoms with Crippen LogP contribution in [0.5, 0.6) is 0 Å². The van der Waals surface area contributed by atoms with Crippen molar-refractivity contribution in [3.63, 3.8) is 0 Å². The summed E-state index contributed by atoms with van der Waals surface area (Å²) in [5.74, 6) is 0.761. The number of nitrogens with one attached hydrogen (secondary N) is 1. The van der Waals surface area contributed by atoms with Gasteiger partial charge in [-0.05, 0) is 85.4 Å². The van der Waals surface area contributed by atoms with E-state index in [4.69, 9.17) is 0 Å². The number of pyridine rings is 1. The Balaban J connectivity index is 1.21. The number of fused-ring (bicyclic) bond motifs is 1. The molecule has 1 aliphatic carbocycles. The second-order valence-electron chi connectivity index (χ2n) is 11.3. The van der Waals surface area contributed by atoms with E-state index in [0.29, 0.717) is 42.4 Å². The summed E-state index contributed by atoms with van der Waals surface area (Å²) in [6, 6.07) is 11.8. The highest BCUT2D eigenvalue weighted by atomic mass is 32.2. The van der Waals surface area contributed by atoms with Crippen molar-refractivity contribution in [2.24, 2.45) is 0 Å². The number of rotatable bonds is 5. The van der Waals surface area contributed by atoms with Gasteiger partial charge in [0.15, 0.2) is 0 Å². The van der Waals surface area contributed by atoms with E-state index in [0.717, 1.165) is 48.7 Å². The van der Waals surface area contributed by atoms with Crippen LogP contribution in [0.1, 0.15) is 66.5 Å². The zero-order chi connectivity index (χ0) is 31.0. The molecular formula is C32H30F4N4O3S. The van der Waals surface area contributed by atoms with Gasteiger partial charge in [0.1, 0.15) is 11.5 Å². The number of halogens is 4. The van der Waals surface area contributed by atoms with Crippen molar-refractivity contribution in [2.45, 2.75) is 62.8 Å². The number of amides is 1. The fourth-order valence-electron chi connectivity index (χ4n) is 6.31. The first-order valence-corrected chi connectivity index (χ1v) is 15.7. The van der Waals surface area contributed by atoms with Gasteiger partial charge in [-0.2, -0.15) is 24.9 Å². The molecule has 0 bridgehead atoms. The van der Waals surface area contributed by atoms with Crippen molar-refractivity contribution in [1.29, 1.82) is 0 Å². The van der Waals surface area contributed by atoms with Gasteiger partial charge in [0.25, 0.3) is 11.5 Å². The van der Waals surface area contributed by atoms with Gasteiger partial charge in [0, 0.05) is 23.7 Å². The molecule has 2 aliphatic rings. The Kier molecular flexibility index (Phi) is 8.36. The van der Waals surface area contributed by atoms with Crippen LogP contribution in [0.15, 0.2) is 70.4 Å². The lowest BCUT2D eigenvalue weighted by atomic mass is 9.90. The molecule has 6 rings (SSSR count). The third-order valence-electron chi connectivity index (χ3n) is 8.57. The molecule has 0 atom stereocenters. The van der Waals surface area contributed by atoms with Gasteiger partial charge < -0.3 is 5.32 Å². The number of aromatic nitrogens is 3. The molecule has 0 spiro atoms. The number of carbonyl (C=O) groups excluding carboxylic acids is 1. The first kappa shape index (κ1) is 30.1. The van der Waals surface area contributed by atoms with Gasteiger partial charge in [0.05, 0.1) is 17.1 Å². The fraction of sp³-hybridized carbons (Fsp3) is 0.375. The van der Waals surface area contributed by atoms with E-state index in [1.807, 2.05) is 0 Å². The summed E-state index contributed by atoms with van der Waals surface area (Å²) in [6.07, 6.45) is -0.00266. The van der Waals surface area contributed by atoms with Gasteiger partial charge >= 0.3 is 11.9 Å². The molecule has 2 fully saturated rings. The smallest absolute Gasteiger partial charge is 0.349 e. The van der Waals surface area contributed by atoms with E-state index in [-0.39, 0.29) is 29.0 Å². The maximum atomic E-state index is 14.2. The Bertz CT molecular complexity index is 1810. The first-order valence-electron chi connectivity index (χ1n) is 14.6. The number of hydrogen-bond donors (Lipinski definition) is 1. The molecule has 1 saturated carbocycles. The standard InChI is InChI=1S/C32H30F4N4O3S/c33-21-17-27-28(37-18-21)39(24-13-15-44-16-14-24)31(43)40(30(27)42)23-11-9-22(10-12-23)38-29(41)26-4-2-1-3-25(26)19-5-7-20(8-6-19)32(34,35)36/h1-8,17-18,22-24H,9-16H2,(H,38,41). The number of thioether (sulfide) groups is 1. The fourth-order valence-corrected chi connectivity index (χ4v) is 7.39. The van der Waals surface area contributed by atoms with Crippen molar-refractivity contribution in [2.75, 3.05) is 11.5 Å².